The number of sulfonamides is 1. The third-order valence-electron chi connectivity index (χ3n) is 6.39. The molecule has 9 nitrogen and oxygen atoms in total. The summed E-state index contributed by atoms with van der Waals surface area (Å²) in [5, 5.41) is 0.761. The number of halogens is 1. The van der Waals surface area contributed by atoms with Crippen molar-refractivity contribution in [1.82, 2.24) is 19.4 Å². The molecule has 1 amide bonds. The molecular weight excluding hydrogens is 483 g/mol. The maximum atomic E-state index is 14.4. The Kier molecular flexibility index (Phi) is 6.31. The first-order valence-corrected chi connectivity index (χ1v) is 13.0. The summed E-state index contributed by atoms with van der Waals surface area (Å²) in [7, 11) is -3.77. The molecular formula is C25H29FN6O3S. The number of hydrogen-bond acceptors (Lipinski definition) is 6. The molecule has 0 radical (unpaired) electrons. The van der Waals surface area contributed by atoms with Crippen LogP contribution in [-0.4, -0.2) is 59.9 Å². The van der Waals surface area contributed by atoms with Crippen LogP contribution in [0.5, 0.6) is 0 Å². The smallest absolute Gasteiger partial charge is 0.263 e. The summed E-state index contributed by atoms with van der Waals surface area (Å²) in [4.78, 5) is 24.9. The average molecular weight is 513 g/mol. The largest absolute Gasteiger partial charge is 0.368 e. The lowest BCUT2D eigenvalue weighted by atomic mass is 10.2. The summed E-state index contributed by atoms with van der Waals surface area (Å²) in [6.07, 6.45) is 4.48. The number of hydrogen-bond donors (Lipinski definition) is 1. The molecule has 2 aromatic carbocycles. The zero-order valence-electron chi connectivity index (χ0n) is 19.6. The molecule has 190 valence electrons. The fourth-order valence-electron chi connectivity index (χ4n) is 4.45. The third-order valence-corrected chi connectivity index (χ3v) is 7.76. The lowest BCUT2D eigenvalue weighted by Crippen LogP contribution is -2.50. The summed E-state index contributed by atoms with van der Waals surface area (Å²) in [6, 6.07) is 14.2. The van der Waals surface area contributed by atoms with E-state index in [0.29, 0.717) is 31.7 Å². The van der Waals surface area contributed by atoms with E-state index in [2.05, 4.69) is 19.6 Å². The summed E-state index contributed by atoms with van der Waals surface area (Å²) in [5.41, 5.74) is 1.30. The maximum absolute atomic E-state index is 14.4. The number of amides is 1. The molecule has 1 saturated heterocycles. The van der Waals surface area contributed by atoms with Crippen LogP contribution in [-0.2, 0) is 14.8 Å². The van der Waals surface area contributed by atoms with Crippen LogP contribution in [0.25, 0.3) is 10.9 Å². The van der Waals surface area contributed by atoms with Crippen LogP contribution in [0.2, 0.25) is 0 Å². The average Bonchev–Trinajstić information content (AvgIpc) is 3.34. The van der Waals surface area contributed by atoms with Gasteiger partial charge >= 0.3 is 0 Å². The Morgan fingerprint density at radius 1 is 1.06 bits per heavy atom. The van der Waals surface area contributed by atoms with Crippen LogP contribution < -0.4 is 9.62 Å². The number of piperazine rings is 1. The predicted octanol–water partition coefficient (Wildman–Crippen LogP) is 3.77. The van der Waals surface area contributed by atoms with E-state index < -0.39 is 16.1 Å². The SMILES string of the molecule is C[C@H](C(=O)N1CCN(c2ccc(S(=O)(=O)Nc3ccncn3)cc2)CC1)n1ccc2cccc(F)c21.[HH].[HH]. The van der Waals surface area contributed by atoms with Crippen molar-refractivity contribution in [2.24, 2.45) is 0 Å². The molecule has 5 rings (SSSR count). The Labute approximate surface area is 211 Å². The van der Waals surface area contributed by atoms with Crippen LogP contribution in [0.15, 0.2) is 78.2 Å². The first kappa shape index (κ1) is 23.7. The van der Waals surface area contributed by atoms with Crippen LogP contribution in [0, 0.1) is 5.82 Å². The van der Waals surface area contributed by atoms with Gasteiger partial charge in [0, 0.05) is 52.5 Å². The van der Waals surface area contributed by atoms with Gasteiger partial charge in [-0.05, 0) is 49.4 Å². The van der Waals surface area contributed by atoms with Gasteiger partial charge in [-0.2, -0.15) is 0 Å². The number of fused-ring (bicyclic) bond motifs is 1. The van der Waals surface area contributed by atoms with Gasteiger partial charge in [-0.25, -0.2) is 22.8 Å². The van der Waals surface area contributed by atoms with E-state index in [4.69, 9.17) is 0 Å². The molecule has 1 aliphatic rings. The van der Waals surface area contributed by atoms with Crippen molar-refractivity contribution >= 4 is 38.3 Å². The van der Waals surface area contributed by atoms with Gasteiger partial charge < -0.3 is 14.4 Å². The number of aromatic nitrogens is 3. The molecule has 1 atom stereocenters. The Bertz CT molecular complexity index is 1490. The Morgan fingerprint density at radius 2 is 1.81 bits per heavy atom. The first-order valence-electron chi connectivity index (χ1n) is 11.5. The number of rotatable bonds is 6. The molecule has 1 fully saturated rings. The van der Waals surface area contributed by atoms with E-state index in [1.807, 2.05) is 12.1 Å². The molecule has 4 aromatic rings. The van der Waals surface area contributed by atoms with Crippen molar-refractivity contribution < 1.29 is 20.5 Å². The Morgan fingerprint density at radius 3 is 2.50 bits per heavy atom. The van der Waals surface area contributed by atoms with Gasteiger partial charge in [0.25, 0.3) is 10.0 Å². The highest BCUT2D eigenvalue weighted by Crippen LogP contribution is 2.25. The molecule has 0 saturated carbocycles. The molecule has 0 bridgehead atoms. The lowest BCUT2D eigenvalue weighted by Gasteiger charge is -2.37. The molecule has 3 heterocycles. The van der Waals surface area contributed by atoms with Crippen molar-refractivity contribution in [3.63, 3.8) is 0 Å². The van der Waals surface area contributed by atoms with Crippen molar-refractivity contribution in [1.29, 1.82) is 0 Å². The van der Waals surface area contributed by atoms with E-state index in [1.54, 1.807) is 52.9 Å². The van der Waals surface area contributed by atoms with Gasteiger partial charge in [0.1, 0.15) is 24.0 Å². The zero-order valence-corrected chi connectivity index (χ0v) is 20.4. The van der Waals surface area contributed by atoms with Gasteiger partial charge in [-0.15, -0.1) is 0 Å². The fourth-order valence-corrected chi connectivity index (χ4v) is 5.46. The standard InChI is InChI=1S/C25H25FN6O3S.2H2/c1-18(32-12-10-19-3-2-4-22(26)24(19)32)25(33)31-15-13-30(14-16-31)20-5-7-21(8-6-20)36(34,35)29-23-9-11-27-17-28-23;;/h2-12,17-18H,13-16H2,1H3,(H,27,28,29);2*1H/t18-;;/m1../s1. The molecule has 0 unspecified atom stereocenters. The Hall–Kier alpha value is -3.99. The van der Waals surface area contributed by atoms with Crippen LogP contribution >= 0.6 is 0 Å². The molecule has 11 heteroatoms. The highest BCUT2D eigenvalue weighted by molar-refractivity contribution is 7.92. The van der Waals surface area contributed by atoms with Gasteiger partial charge in [0.2, 0.25) is 5.91 Å². The molecule has 1 aliphatic heterocycles. The number of nitrogens with one attached hydrogen (secondary N) is 1. The lowest BCUT2D eigenvalue weighted by molar-refractivity contribution is -0.134. The zero-order chi connectivity index (χ0) is 25.3. The fraction of sp³-hybridized carbons (Fsp3) is 0.240. The molecule has 2 aromatic heterocycles. The predicted molar refractivity (Wildman–Crippen MR) is 139 cm³/mol. The van der Waals surface area contributed by atoms with E-state index in [1.165, 1.54) is 24.7 Å². The van der Waals surface area contributed by atoms with Gasteiger partial charge in [-0.3, -0.25) is 9.52 Å². The topological polar surface area (TPSA) is 100 Å². The second-order valence-corrected chi connectivity index (χ2v) is 10.3. The highest BCUT2D eigenvalue weighted by Gasteiger charge is 2.27. The molecule has 1 N–H and O–H groups in total. The molecule has 0 spiro atoms. The minimum Gasteiger partial charge on any atom is -0.368 e. The quantitative estimate of drug-likeness (QED) is 0.422. The van der Waals surface area contributed by atoms with E-state index >= 15 is 0 Å². The van der Waals surface area contributed by atoms with E-state index in [-0.39, 0.29) is 25.3 Å². The van der Waals surface area contributed by atoms with E-state index in [0.717, 1.165) is 11.1 Å². The first-order chi connectivity index (χ1) is 17.3. The third kappa shape index (κ3) is 4.61. The van der Waals surface area contributed by atoms with Crippen LogP contribution in [0.3, 0.4) is 0 Å². The number of carbonyl (C=O) groups is 1. The number of anilines is 2. The van der Waals surface area contributed by atoms with Gasteiger partial charge in [0.05, 0.1) is 10.4 Å². The van der Waals surface area contributed by atoms with Crippen LogP contribution in [0.4, 0.5) is 15.9 Å². The van der Waals surface area contributed by atoms with Crippen molar-refractivity contribution in [3.8, 4) is 0 Å². The molecule has 0 aliphatic carbocycles. The Balaban J connectivity index is 0.00000200. The number of para-hydroxylation sites is 1. The van der Waals surface area contributed by atoms with Crippen molar-refractivity contribution in [2.75, 3.05) is 35.8 Å². The summed E-state index contributed by atoms with van der Waals surface area (Å²) in [6.45, 7) is 4.02. The van der Waals surface area contributed by atoms with E-state index in [9.17, 15) is 17.6 Å². The van der Waals surface area contributed by atoms with Crippen LogP contribution in [0.1, 0.15) is 15.8 Å². The number of carbonyl (C=O) groups excluding carboxylic acids is 1. The number of nitrogens with zero attached hydrogens (tertiary/aromatic N) is 5. The van der Waals surface area contributed by atoms with Crippen molar-refractivity contribution in [2.45, 2.75) is 17.9 Å². The minimum atomic E-state index is -3.77. The highest BCUT2D eigenvalue weighted by atomic mass is 32.2. The van der Waals surface area contributed by atoms with Gasteiger partial charge in [0.15, 0.2) is 0 Å². The second kappa shape index (κ2) is 9.57. The van der Waals surface area contributed by atoms with Gasteiger partial charge in [-0.1, -0.05) is 12.1 Å². The second-order valence-electron chi connectivity index (χ2n) is 8.58. The normalized spacial score (nSPS) is 15.2. The molecule has 36 heavy (non-hydrogen) atoms. The monoisotopic (exact) mass is 512 g/mol. The number of benzene rings is 2. The summed E-state index contributed by atoms with van der Waals surface area (Å²) in [5.74, 6) is -0.216. The van der Waals surface area contributed by atoms with Crippen molar-refractivity contribution in [3.05, 3.63) is 79.1 Å². The maximum Gasteiger partial charge on any atom is 0.263 e. The summed E-state index contributed by atoms with van der Waals surface area (Å²) >= 11 is 0. The minimum absolute atomic E-state index is 0. The summed E-state index contributed by atoms with van der Waals surface area (Å²) < 4.78 is 43.7.